The van der Waals surface area contributed by atoms with Crippen LogP contribution in [-0.2, 0) is 6.42 Å². The lowest BCUT2D eigenvalue weighted by Gasteiger charge is -2.16. The van der Waals surface area contributed by atoms with Crippen molar-refractivity contribution in [3.05, 3.63) is 45.3 Å². The van der Waals surface area contributed by atoms with Crippen molar-refractivity contribution >= 4 is 27.1 Å². The number of nitrogens with two attached hydrogens (primary N) is 1. The van der Waals surface area contributed by atoms with E-state index in [9.17, 15) is 4.79 Å². The second kappa shape index (κ2) is 5.58. The molecule has 0 aliphatic rings. The average Bonchev–Trinajstić information content (AvgIpc) is 2.71. The van der Waals surface area contributed by atoms with Crippen LogP contribution in [0, 0.1) is 0 Å². The van der Waals surface area contributed by atoms with Crippen molar-refractivity contribution in [2.24, 2.45) is 5.73 Å². The first kappa shape index (κ1) is 15.7. The summed E-state index contributed by atoms with van der Waals surface area (Å²) in [6.45, 7) is 11.7. The lowest BCUT2D eigenvalue weighted by atomic mass is 10.0. The molecule has 0 spiro atoms. The van der Waals surface area contributed by atoms with Gasteiger partial charge in [0.1, 0.15) is 10.5 Å². The van der Waals surface area contributed by atoms with E-state index in [1.54, 1.807) is 0 Å². The highest BCUT2D eigenvalue weighted by atomic mass is 32.1. The molecule has 0 amide bonds. The summed E-state index contributed by atoms with van der Waals surface area (Å²) in [6.07, 6.45) is 2.35. The third-order valence-electron chi connectivity index (χ3n) is 3.06. The fraction of sp³-hybridized carbons (Fsp3) is 0.375. The number of nitrogens with zero attached hydrogens (tertiary/aromatic N) is 1. The Kier molecular flexibility index (Phi) is 4.16. The van der Waals surface area contributed by atoms with Crippen LogP contribution in [0.15, 0.2) is 29.1 Å². The minimum absolute atomic E-state index is 0.104. The van der Waals surface area contributed by atoms with E-state index in [1.165, 1.54) is 11.3 Å². The number of H-pyrrole nitrogens is 1. The van der Waals surface area contributed by atoms with Crippen molar-refractivity contribution in [1.29, 1.82) is 0 Å². The van der Waals surface area contributed by atoms with Crippen LogP contribution < -0.4 is 11.3 Å². The summed E-state index contributed by atoms with van der Waals surface area (Å²) in [7, 11) is 0. The number of nitrogens with one attached hydrogen (secondary N) is 1. The number of aromatic nitrogens is 2. The Hall–Kier alpha value is -1.72. The first-order chi connectivity index (χ1) is 9.71. The summed E-state index contributed by atoms with van der Waals surface area (Å²) in [5.41, 5.74) is 8.42. The van der Waals surface area contributed by atoms with Gasteiger partial charge in [-0.05, 0) is 39.3 Å². The van der Waals surface area contributed by atoms with Crippen LogP contribution in [0.2, 0.25) is 0 Å². The third kappa shape index (κ3) is 3.49. The molecule has 0 fully saturated rings. The van der Waals surface area contributed by atoms with Gasteiger partial charge in [-0.15, -0.1) is 11.3 Å². The summed E-state index contributed by atoms with van der Waals surface area (Å²) in [6, 6.07) is 1.95. The topological polar surface area (TPSA) is 71.8 Å². The van der Waals surface area contributed by atoms with Crippen LogP contribution in [0.3, 0.4) is 0 Å². The van der Waals surface area contributed by atoms with Crippen LogP contribution in [0.4, 0.5) is 0 Å². The molecule has 3 N–H and O–H groups in total. The Bertz CT molecular complexity index is 771. The van der Waals surface area contributed by atoms with Crippen molar-refractivity contribution < 1.29 is 0 Å². The van der Waals surface area contributed by atoms with Crippen molar-refractivity contribution in [3.63, 3.8) is 0 Å². The number of hydrogen-bond acceptors (Lipinski definition) is 4. The molecule has 21 heavy (non-hydrogen) atoms. The maximum atomic E-state index is 12.2. The minimum atomic E-state index is -0.408. The minimum Gasteiger partial charge on any atom is -0.325 e. The summed E-state index contributed by atoms with van der Waals surface area (Å²) in [5, 5.41) is 0. The van der Waals surface area contributed by atoms with Gasteiger partial charge in [0.25, 0.3) is 5.56 Å². The molecule has 0 saturated heterocycles. The summed E-state index contributed by atoms with van der Waals surface area (Å²) in [4.78, 5) is 20.6. The number of hydrogen-bond donors (Lipinski definition) is 2. The largest absolute Gasteiger partial charge is 0.325 e. The van der Waals surface area contributed by atoms with E-state index in [0.29, 0.717) is 16.9 Å². The molecule has 4 nitrogen and oxygen atoms in total. The van der Waals surface area contributed by atoms with E-state index >= 15 is 0 Å². The zero-order valence-corrected chi connectivity index (χ0v) is 13.7. The SMILES string of the molecule is C=CC(=C(C)C)c1cc2nc(CC(C)(C)N)[nH]c(=O)c2s1. The number of aromatic amines is 1. The highest BCUT2D eigenvalue weighted by Gasteiger charge is 2.16. The fourth-order valence-corrected chi connectivity index (χ4v) is 3.33. The molecule has 0 bridgehead atoms. The first-order valence-corrected chi connectivity index (χ1v) is 7.65. The highest BCUT2D eigenvalue weighted by Crippen LogP contribution is 2.30. The molecule has 5 heteroatoms. The molecule has 2 aromatic rings. The highest BCUT2D eigenvalue weighted by molar-refractivity contribution is 7.20. The van der Waals surface area contributed by atoms with Gasteiger partial charge in [-0.3, -0.25) is 4.79 Å². The summed E-state index contributed by atoms with van der Waals surface area (Å²) < 4.78 is 0.643. The number of rotatable bonds is 4. The zero-order valence-electron chi connectivity index (χ0n) is 12.9. The van der Waals surface area contributed by atoms with E-state index in [-0.39, 0.29) is 5.56 Å². The van der Waals surface area contributed by atoms with E-state index in [0.717, 1.165) is 21.5 Å². The number of thiophene rings is 1. The van der Waals surface area contributed by atoms with Crippen LogP contribution in [0.5, 0.6) is 0 Å². The maximum absolute atomic E-state index is 12.2. The lowest BCUT2D eigenvalue weighted by Crippen LogP contribution is -2.35. The Morgan fingerprint density at radius 3 is 2.71 bits per heavy atom. The predicted octanol–water partition coefficient (Wildman–Crippen LogP) is 3.24. The fourth-order valence-electron chi connectivity index (χ4n) is 2.19. The van der Waals surface area contributed by atoms with Crippen molar-refractivity contribution in [2.45, 2.75) is 39.7 Å². The second-order valence-corrected chi connectivity index (χ2v) is 7.17. The molecule has 112 valence electrons. The number of fused-ring (bicyclic) bond motifs is 1. The van der Waals surface area contributed by atoms with Crippen LogP contribution in [-0.4, -0.2) is 15.5 Å². The smallest absolute Gasteiger partial charge is 0.268 e. The van der Waals surface area contributed by atoms with Crippen LogP contribution in [0.1, 0.15) is 38.4 Å². The van der Waals surface area contributed by atoms with Crippen molar-refractivity contribution in [2.75, 3.05) is 0 Å². The number of allylic oxidation sites excluding steroid dienone is 3. The van der Waals surface area contributed by atoms with Gasteiger partial charge < -0.3 is 10.7 Å². The van der Waals surface area contributed by atoms with Gasteiger partial charge in [-0.2, -0.15) is 0 Å². The quantitative estimate of drug-likeness (QED) is 0.852. The predicted molar refractivity (Wildman–Crippen MR) is 90.7 cm³/mol. The molecule has 2 aromatic heterocycles. The molecule has 2 heterocycles. The van der Waals surface area contributed by atoms with Gasteiger partial charge in [0.2, 0.25) is 0 Å². The molecule has 0 aliphatic carbocycles. The molecular formula is C16H21N3OS. The standard InChI is InChI=1S/C16H21N3OS/c1-6-10(9(2)3)12-7-11-14(21-12)15(20)19-13(18-11)8-16(4,5)17/h6-7H,1,8,17H2,2-5H3,(H,18,19,20). The third-order valence-corrected chi connectivity index (χ3v) is 4.22. The van der Waals surface area contributed by atoms with Gasteiger partial charge in [-0.1, -0.05) is 18.2 Å². The first-order valence-electron chi connectivity index (χ1n) is 6.83. The molecule has 0 aromatic carbocycles. The van der Waals surface area contributed by atoms with Crippen LogP contribution in [0.25, 0.3) is 15.8 Å². The van der Waals surface area contributed by atoms with Gasteiger partial charge in [0, 0.05) is 16.8 Å². The van der Waals surface area contributed by atoms with Gasteiger partial charge in [0.05, 0.1) is 5.52 Å². The van der Waals surface area contributed by atoms with Crippen LogP contribution >= 0.6 is 11.3 Å². The maximum Gasteiger partial charge on any atom is 0.268 e. The Morgan fingerprint density at radius 1 is 1.52 bits per heavy atom. The second-order valence-electron chi connectivity index (χ2n) is 6.12. The summed E-state index contributed by atoms with van der Waals surface area (Å²) >= 11 is 1.44. The summed E-state index contributed by atoms with van der Waals surface area (Å²) in [5.74, 6) is 0.627. The molecule has 0 unspecified atom stereocenters. The van der Waals surface area contributed by atoms with E-state index in [2.05, 4.69) is 16.5 Å². The molecular weight excluding hydrogens is 282 g/mol. The molecule has 0 aliphatic heterocycles. The molecule has 0 saturated carbocycles. The van der Waals surface area contributed by atoms with Gasteiger partial charge >= 0.3 is 0 Å². The lowest BCUT2D eigenvalue weighted by molar-refractivity contribution is 0.502. The van der Waals surface area contributed by atoms with E-state index in [1.807, 2.05) is 39.8 Å². The van der Waals surface area contributed by atoms with E-state index < -0.39 is 5.54 Å². The monoisotopic (exact) mass is 303 g/mol. The Morgan fingerprint density at radius 2 is 2.19 bits per heavy atom. The molecule has 0 atom stereocenters. The van der Waals surface area contributed by atoms with Crippen molar-refractivity contribution in [3.8, 4) is 0 Å². The average molecular weight is 303 g/mol. The molecule has 2 rings (SSSR count). The zero-order chi connectivity index (χ0) is 15.8. The Labute approximate surface area is 128 Å². The normalized spacial score (nSPS) is 11.7. The van der Waals surface area contributed by atoms with Gasteiger partial charge in [0.15, 0.2) is 0 Å². The van der Waals surface area contributed by atoms with E-state index in [4.69, 9.17) is 5.73 Å². The molecule has 0 radical (unpaired) electrons. The Balaban J connectivity index is 2.59. The van der Waals surface area contributed by atoms with Gasteiger partial charge in [-0.25, -0.2) is 4.98 Å². The van der Waals surface area contributed by atoms with Crippen molar-refractivity contribution in [1.82, 2.24) is 9.97 Å².